The number of nitriles is 1. The molecule has 0 spiro atoms. The van der Waals surface area contributed by atoms with Gasteiger partial charge in [-0.05, 0) is 24.3 Å². The van der Waals surface area contributed by atoms with Crippen molar-refractivity contribution in [1.82, 2.24) is 4.98 Å². The smallest absolute Gasteiger partial charge is 0.305 e. The second-order valence-corrected chi connectivity index (χ2v) is 4.94. The fourth-order valence-electron chi connectivity index (χ4n) is 1.64. The molecule has 0 fully saturated rings. The lowest BCUT2D eigenvalue weighted by atomic mass is 10.2. The number of nitrogens with zero attached hydrogens (tertiary/aromatic N) is 3. The van der Waals surface area contributed by atoms with Gasteiger partial charge in [-0.3, -0.25) is 10.1 Å². The van der Waals surface area contributed by atoms with Gasteiger partial charge in [-0.2, -0.15) is 5.26 Å². The van der Waals surface area contributed by atoms with Crippen molar-refractivity contribution in [2.45, 2.75) is 6.54 Å². The minimum atomic E-state index is -0.677. The van der Waals surface area contributed by atoms with E-state index in [2.05, 4.69) is 26.2 Å². The van der Waals surface area contributed by atoms with Crippen LogP contribution in [0.5, 0.6) is 0 Å². The number of pyridine rings is 1. The summed E-state index contributed by atoms with van der Waals surface area (Å²) in [5.41, 5.74) is -0.251. The van der Waals surface area contributed by atoms with Crippen molar-refractivity contribution in [2.24, 2.45) is 0 Å². The van der Waals surface area contributed by atoms with Gasteiger partial charge in [0.1, 0.15) is 17.7 Å². The Morgan fingerprint density at radius 3 is 2.86 bits per heavy atom. The molecule has 0 amide bonds. The quantitative estimate of drug-likeness (QED) is 0.674. The third kappa shape index (κ3) is 3.52. The molecule has 6 nitrogen and oxygen atoms in total. The number of anilines is 1. The maximum absolute atomic E-state index is 13.6. The van der Waals surface area contributed by atoms with E-state index < -0.39 is 4.92 Å². The third-order valence-corrected chi connectivity index (χ3v) is 3.14. The highest BCUT2D eigenvalue weighted by atomic mass is 79.9. The van der Waals surface area contributed by atoms with Crippen molar-refractivity contribution in [3.63, 3.8) is 0 Å². The normalized spacial score (nSPS) is 9.95. The van der Waals surface area contributed by atoms with E-state index in [4.69, 9.17) is 5.26 Å². The lowest BCUT2D eigenvalue weighted by Crippen LogP contribution is -2.05. The predicted molar refractivity (Wildman–Crippen MR) is 77.0 cm³/mol. The van der Waals surface area contributed by atoms with Crippen LogP contribution in [0.15, 0.2) is 34.8 Å². The van der Waals surface area contributed by atoms with E-state index in [1.165, 1.54) is 18.2 Å². The first-order valence-corrected chi connectivity index (χ1v) is 6.54. The Hall–Kier alpha value is -2.53. The SMILES string of the molecule is N#Cc1nc(NCc2cc(Br)ccc2F)ccc1[N+](=O)[O-]. The van der Waals surface area contributed by atoms with Gasteiger partial charge < -0.3 is 5.32 Å². The summed E-state index contributed by atoms with van der Waals surface area (Å²) in [6.07, 6.45) is 0. The summed E-state index contributed by atoms with van der Waals surface area (Å²) in [4.78, 5) is 13.8. The molecular formula is C13H8BrFN4O2. The van der Waals surface area contributed by atoms with Gasteiger partial charge >= 0.3 is 5.69 Å². The van der Waals surface area contributed by atoms with Gasteiger partial charge in [-0.1, -0.05) is 15.9 Å². The lowest BCUT2D eigenvalue weighted by molar-refractivity contribution is -0.385. The molecule has 0 aliphatic rings. The zero-order valence-electron chi connectivity index (χ0n) is 10.5. The van der Waals surface area contributed by atoms with Crippen molar-refractivity contribution in [3.8, 4) is 6.07 Å². The summed E-state index contributed by atoms with van der Waals surface area (Å²) in [6, 6.07) is 8.73. The molecule has 0 radical (unpaired) electrons. The Bertz CT molecular complexity index is 745. The maximum atomic E-state index is 13.6. The largest absolute Gasteiger partial charge is 0.366 e. The van der Waals surface area contributed by atoms with Crippen molar-refractivity contribution >= 4 is 27.4 Å². The fourth-order valence-corrected chi connectivity index (χ4v) is 2.05. The maximum Gasteiger partial charge on any atom is 0.305 e. The highest BCUT2D eigenvalue weighted by Gasteiger charge is 2.15. The van der Waals surface area contributed by atoms with Crippen LogP contribution >= 0.6 is 15.9 Å². The molecule has 0 bridgehead atoms. The average molecular weight is 351 g/mol. The monoisotopic (exact) mass is 350 g/mol. The molecular weight excluding hydrogens is 343 g/mol. The summed E-state index contributed by atoms with van der Waals surface area (Å²) in [5, 5.41) is 22.4. The van der Waals surface area contributed by atoms with E-state index >= 15 is 0 Å². The van der Waals surface area contributed by atoms with Crippen LogP contribution in [0.25, 0.3) is 0 Å². The van der Waals surface area contributed by atoms with Crippen LogP contribution in [0.1, 0.15) is 11.3 Å². The molecule has 0 atom stereocenters. The van der Waals surface area contributed by atoms with Crippen LogP contribution in [0.4, 0.5) is 15.9 Å². The third-order valence-electron chi connectivity index (χ3n) is 2.64. The zero-order chi connectivity index (χ0) is 15.4. The molecule has 2 aromatic rings. The van der Waals surface area contributed by atoms with Crippen molar-refractivity contribution in [2.75, 3.05) is 5.32 Å². The van der Waals surface area contributed by atoms with E-state index in [9.17, 15) is 14.5 Å². The Morgan fingerprint density at radius 2 is 2.19 bits per heavy atom. The number of halogens is 2. The number of nitro groups is 1. The highest BCUT2D eigenvalue weighted by Crippen LogP contribution is 2.20. The summed E-state index contributed by atoms with van der Waals surface area (Å²) >= 11 is 3.24. The van der Waals surface area contributed by atoms with Gasteiger partial charge in [0.25, 0.3) is 0 Å². The molecule has 8 heteroatoms. The highest BCUT2D eigenvalue weighted by molar-refractivity contribution is 9.10. The van der Waals surface area contributed by atoms with Crippen LogP contribution in [0, 0.1) is 27.3 Å². The Kier molecular flexibility index (Phi) is 4.45. The van der Waals surface area contributed by atoms with E-state index in [1.807, 2.05) is 0 Å². The van der Waals surface area contributed by atoms with Crippen molar-refractivity contribution < 1.29 is 9.31 Å². The van der Waals surface area contributed by atoms with Crippen LogP contribution < -0.4 is 5.32 Å². The van der Waals surface area contributed by atoms with Gasteiger partial charge in [0.2, 0.25) is 5.69 Å². The minimum absolute atomic E-state index is 0.140. The first-order valence-electron chi connectivity index (χ1n) is 5.74. The Morgan fingerprint density at radius 1 is 1.43 bits per heavy atom. The van der Waals surface area contributed by atoms with E-state index in [1.54, 1.807) is 18.2 Å². The predicted octanol–water partition coefficient (Wildman–Crippen LogP) is 3.38. The van der Waals surface area contributed by atoms with Crippen LogP contribution in [-0.4, -0.2) is 9.91 Å². The van der Waals surface area contributed by atoms with Crippen molar-refractivity contribution in [3.05, 3.63) is 62.0 Å². The lowest BCUT2D eigenvalue weighted by Gasteiger charge is -2.07. The molecule has 1 aromatic heterocycles. The van der Waals surface area contributed by atoms with E-state index in [0.29, 0.717) is 5.56 Å². The number of aromatic nitrogens is 1. The second kappa shape index (κ2) is 6.28. The number of hydrogen-bond donors (Lipinski definition) is 1. The zero-order valence-corrected chi connectivity index (χ0v) is 12.1. The molecule has 106 valence electrons. The van der Waals surface area contributed by atoms with Crippen LogP contribution in [0.2, 0.25) is 0 Å². The number of benzene rings is 1. The summed E-state index contributed by atoms with van der Waals surface area (Å²) in [7, 11) is 0. The molecule has 1 heterocycles. The summed E-state index contributed by atoms with van der Waals surface area (Å²) in [6.45, 7) is 0.140. The first-order chi connectivity index (χ1) is 10.0. The van der Waals surface area contributed by atoms with Gasteiger partial charge in [0, 0.05) is 22.6 Å². The molecule has 0 saturated heterocycles. The standard InChI is InChI=1S/C13H8BrFN4O2/c14-9-1-2-10(15)8(5-9)7-17-13-4-3-12(19(20)21)11(6-16)18-13/h1-5H,7H2,(H,17,18). The molecule has 0 aliphatic carbocycles. The second-order valence-electron chi connectivity index (χ2n) is 4.02. The molecule has 21 heavy (non-hydrogen) atoms. The first kappa shape index (κ1) is 14.9. The summed E-state index contributed by atoms with van der Waals surface area (Å²) < 4.78 is 14.3. The topological polar surface area (TPSA) is 91.8 Å². The van der Waals surface area contributed by atoms with Crippen molar-refractivity contribution in [1.29, 1.82) is 5.26 Å². The Labute approximate surface area is 127 Å². The van der Waals surface area contributed by atoms with E-state index in [-0.39, 0.29) is 29.6 Å². The van der Waals surface area contributed by atoms with Crippen LogP contribution in [0.3, 0.4) is 0 Å². The van der Waals surface area contributed by atoms with Gasteiger partial charge in [0.15, 0.2) is 0 Å². The summed E-state index contributed by atoms with van der Waals surface area (Å²) in [5.74, 6) is -0.121. The fraction of sp³-hybridized carbons (Fsp3) is 0.0769. The minimum Gasteiger partial charge on any atom is -0.366 e. The average Bonchev–Trinajstić information content (AvgIpc) is 2.47. The number of hydrogen-bond acceptors (Lipinski definition) is 5. The molecule has 0 saturated carbocycles. The number of rotatable bonds is 4. The van der Waals surface area contributed by atoms with E-state index in [0.717, 1.165) is 4.47 Å². The molecule has 1 aromatic carbocycles. The molecule has 2 rings (SSSR count). The number of nitrogens with one attached hydrogen (secondary N) is 1. The Balaban J connectivity index is 2.19. The molecule has 1 N–H and O–H groups in total. The molecule has 0 unspecified atom stereocenters. The molecule has 0 aliphatic heterocycles. The van der Waals surface area contributed by atoms with Gasteiger partial charge in [-0.15, -0.1) is 0 Å². The van der Waals surface area contributed by atoms with Crippen LogP contribution in [-0.2, 0) is 6.54 Å². The van der Waals surface area contributed by atoms with Gasteiger partial charge in [0.05, 0.1) is 4.92 Å². The van der Waals surface area contributed by atoms with Gasteiger partial charge in [-0.25, -0.2) is 9.37 Å².